The van der Waals surface area contributed by atoms with E-state index in [0.29, 0.717) is 5.56 Å². The Morgan fingerprint density at radius 3 is 2.41 bits per heavy atom. The van der Waals surface area contributed by atoms with Crippen LogP contribution in [0, 0.1) is 6.92 Å². The highest BCUT2D eigenvalue weighted by Gasteiger charge is 2.25. The molecule has 0 spiro atoms. The number of hydrogen-bond acceptors (Lipinski definition) is 4. The van der Waals surface area contributed by atoms with Crippen LogP contribution in [0.5, 0.6) is 11.5 Å². The van der Waals surface area contributed by atoms with Crippen LogP contribution >= 0.6 is 23.2 Å². The number of rotatable bonds is 3. The van der Waals surface area contributed by atoms with Gasteiger partial charge < -0.3 is 14.6 Å². The second-order valence-corrected chi connectivity index (χ2v) is 3.99. The van der Waals surface area contributed by atoms with Crippen LogP contribution < -0.4 is 4.74 Å². The normalized spacial score (nSPS) is 10.2. The maximum Gasteiger partial charge on any atom is 0.342 e. The molecule has 0 aliphatic carbocycles. The fourth-order valence-corrected chi connectivity index (χ4v) is 1.98. The van der Waals surface area contributed by atoms with Crippen LogP contribution in [0.2, 0.25) is 10.0 Å². The lowest BCUT2D eigenvalue weighted by atomic mass is 10.1. The molecule has 0 heterocycles. The Bertz CT molecular complexity index is 428. The van der Waals surface area contributed by atoms with Crippen LogP contribution in [0.25, 0.3) is 0 Å². The molecule has 0 unspecified atom stereocenters. The van der Waals surface area contributed by atoms with Gasteiger partial charge in [0.15, 0.2) is 11.5 Å². The van der Waals surface area contributed by atoms with Crippen LogP contribution in [0.1, 0.15) is 22.8 Å². The van der Waals surface area contributed by atoms with Gasteiger partial charge in [0, 0.05) is 0 Å². The second kappa shape index (κ2) is 5.47. The summed E-state index contributed by atoms with van der Waals surface area (Å²) in [7, 11) is 1.37. The molecule has 1 aromatic carbocycles. The summed E-state index contributed by atoms with van der Waals surface area (Å²) in [5.74, 6) is -0.922. The molecule has 0 bridgehead atoms. The van der Waals surface area contributed by atoms with E-state index in [9.17, 15) is 9.90 Å². The lowest BCUT2D eigenvalue weighted by molar-refractivity contribution is 0.0522. The maximum atomic E-state index is 11.7. The molecule has 0 saturated carbocycles. The fourth-order valence-electron chi connectivity index (χ4n) is 1.40. The summed E-state index contributed by atoms with van der Waals surface area (Å²) in [4.78, 5) is 11.7. The Kier molecular flexibility index (Phi) is 4.48. The third-order valence-corrected chi connectivity index (χ3v) is 3.04. The molecule has 1 N–H and O–H groups in total. The molecule has 0 atom stereocenters. The number of hydrogen-bond donors (Lipinski definition) is 1. The van der Waals surface area contributed by atoms with E-state index in [1.165, 1.54) is 7.11 Å². The molecule has 1 rings (SSSR count). The van der Waals surface area contributed by atoms with Gasteiger partial charge in [-0.2, -0.15) is 0 Å². The van der Waals surface area contributed by atoms with E-state index < -0.39 is 5.97 Å². The fraction of sp³-hybridized carbons (Fsp3) is 0.364. The molecule has 0 saturated heterocycles. The number of carbonyl (C=O) groups excluding carboxylic acids is 1. The van der Waals surface area contributed by atoms with Crippen molar-refractivity contribution < 1.29 is 19.4 Å². The third kappa shape index (κ3) is 2.42. The minimum atomic E-state index is -0.672. The zero-order valence-corrected chi connectivity index (χ0v) is 11.1. The Labute approximate surface area is 109 Å². The number of carbonyl (C=O) groups is 1. The Hall–Kier alpha value is -1.13. The first kappa shape index (κ1) is 13.9. The number of ether oxygens (including phenoxy) is 2. The van der Waals surface area contributed by atoms with E-state index in [1.54, 1.807) is 13.8 Å². The van der Waals surface area contributed by atoms with Gasteiger partial charge in [0.05, 0.1) is 18.7 Å². The van der Waals surface area contributed by atoms with E-state index >= 15 is 0 Å². The molecule has 0 fully saturated rings. The summed E-state index contributed by atoms with van der Waals surface area (Å²) < 4.78 is 9.77. The summed E-state index contributed by atoms with van der Waals surface area (Å²) in [6.45, 7) is 3.43. The summed E-state index contributed by atoms with van der Waals surface area (Å²) in [5.41, 5.74) is 0.325. The van der Waals surface area contributed by atoms with E-state index in [2.05, 4.69) is 0 Å². The molecule has 6 heteroatoms. The highest BCUT2D eigenvalue weighted by atomic mass is 35.5. The second-order valence-electron chi connectivity index (χ2n) is 3.23. The third-order valence-electron chi connectivity index (χ3n) is 2.23. The quantitative estimate of drug-likeness (QED) is 0.863. The highest BCUT2D eigenvalue weighted by Crippen LogP contribution is 2.44. The summed E-state index contributed by atoms with van der Waals surface area (Å²) >= 11 is 11.8. The molecular formula is C11H12Cl2O4. The van der Waals surface area contributed by atoms with Crippen molar-refractivity contribution in [2.24, 2.45) is 0 Å². The molecule has 0 aliphatic rings. The Balaban J connectivity index is 3.48. The van der Waals surface area contributed by atoms with Gasteiger partial charge in [-0.15, -0.1) is 0 Å². The van der Waals surface area contributed by atoms with Crippen molar-refractivity contribution in [3.05, 3.63) is 21.2 Å². The zero-order chi connectivity index (χ0) is 13.2. The van der Waals surface area contributed by atoms with Crippen LogP contribution in [-0.2, 0) is 4.74 Å². The molecule has 94 valence electrons. The number of benzene rings is 1. The van der Waals surface area contributed by atoms with Gasteiger partial charge in [-0.3, -0.25) is 0 Å². The first-order valence-corrected chi connectivity index (χ1v) is 5.62. The smallest absolute Gasteiger partial charge is 0.342 e. The average Bonchev–Trinajstić information content (AvgIpc) is 2.28. The van der Waals surface area contributed by atoms with Crippen LogP contribution in [-0.4, -0.2) is 24.8 Å². The average molecular weight is 279 g/mol. The van der Waals surface area contributed by atoms with Gasteiger partial charge in [0.25, 0.3) is 0 Å². The summed E-state index contributed by atoms with van der Waals surface area (Å²) in [5, 5.41) is 9.91. The van der Waals surface area contributed by atoms with Crippen molar-refractivity contribution in [2.75, 3.05) is 13.7 Å². The molecular weight excluding hydrogens is 267 g/mol. The molecule has 0 aliphatic heterocycles. The lowest BCUT2D eigenvalue weighted by Gasteiger charge is -2.14. The van der Waals surface area contributed by atoms with Gasteiger partial charge in [-0.1, -0.05) is 23.2 Å². The zero-order valence-electron chi connectivity index (χ0n) is 9.63. The van der Waals surface area contributed by atoms with Crippen molar-refractivity contribution >= 4 is 29.2 Å². The van der Waals surface area contributed by atoms with Crippen molar-refractivity contribution in [3.63, 3.8) is 0 Å². The minimum absolute atomic E-state index is 0.0392. The lowest BCUT2D eigenvalue weighted by Crippen LogP contribution is -2.08. The van der Waals surface area contributed by atoms with E-state index in [-0.39, 0.29) is 33.7 Å². The number of aromatic hydroxyl groups is 1. The summed E-state index contributed by atoms with van der Waals surface area (Å²) in [6, 6.07) is 0. The van der Waals surface area contributed by atoms with E-state index in [0.717, 1.165) is 0 Å². The molecule has 17 heavy (non-hydrogen) atoms. The number of phenols is 1. The van der Waals surface area contributed by atoms with E-state index in [4.69, 9.17) is 32.7 Å². The molecule has 4 nitrogen and oxygen atoms in total. The van der Waals surface area contributed by atoms with Gasteiger partial charge >= 0.3 is 5.97 Å². The highest BCUT2D eigenvalue weighted by molar-refractivity contribution is 6.39. The Morgan fingerprint density at radius 1 is 1.35 bits per heavy atom. The van der Waals surface area contributed by atoms with Gasteiger partial charge in [0.2, 0.25) is 0 Å². The maximum absolute atomic E-state index is 11.7. The van der Waals surface area contributed by atoms with Crippen molar-refractivity contribution in [1.82, 2.24) is 0 Å². The first-order chi connectivity index (χ1) is 7.95. The minimum Gasteiger partial charge on any atom is -0.505 e. The van der Waals surface area contributed by atoms with Crippen LogP contribution in [0.3, 0.4) is 0 Å². The predicted molar refractivity (Wildman–Crippen MR) is 65.4 cm³/mol. The standard InChI is InChI=1S/C11H12Cl2O4/c1-4-17-11(15)6-5(2)7(12)10(16-3)8(13)9(6)14/h14H,4H2,1-3H3. The largest absolute Gasteiger partial charge is 0.505 e. The van der Waals surface area contributed by atoms with Crippen molar-refractivity contribution in [3.8, 4) is 11.5 Å². The number of phenolic OH excluding ortho intramolecular Hbond substituents is 1. The molecule has 1 aromatic rings. The number of methoxy groups -OCH3 is 1. The first-order valence-electron chi connectivity index (χ1n) is 4.87. The van der Waals surface area contributed by atoms with Gasteiger partial charge in [-0.05, 0) is 19.4 Å². The monoisotopic (exact) mass is 278 g/mol. The van der Waals surface area contributed by atoms with Crippen LogP contribution in [0.4, 0.5) is 0 Å². The van der Waals surface area contributed by atoms with Crippen LogP contribution in [0.15, 0.2) is 0 Å². The predicted octanol–water partition coefficient (Wildman–Crippen LogP) is 3.19. The van der Waals surface area contributed by atoms with Gasteiger partial charge in [0.1, 0.15) is 10.6 Å². The number of halogens is 2. The molecule has 0 aromatic heterocycles. The Morgan fingerprint density at radius 2 is 1.94 bits per heavy atom. The van der Waals surface area contributed by atoms with Gasteiger partial charge in [-0.25, -0.2) is 4.79 Å². The van der Waals surface area contributed by atoms with Crippen molar-refractivity contribution in [2.45, 2.75) is 13.8 Å². The summed E-state index contributed by atoms with van der Waals surface area (Å²) in [6.07, 6.45) is 0. The van der Waals surface area contributed by atoms with Crippen molar-refractivity contribution in [1.29, 1.82) is 0 Å². The van der Waals surface area contributed by atoms with E-state index in [1.807, 2.05) is 0 Å². The SMILES string of the molecule is CCOC(=O)c1c(C)c(Cl)c(OC)c(Cl)c1O. The molecule has 0 radical (unpaired) electrons. The molecule has 0 amide bonds. The topological polar surface area (TPSA) is 55.8 Å². The number of esters is 1.